The number of nitriles is 1. The maximum Gasteiger partial charge on any atom is 0.155 e. The molecule has 0 aliphatic rings. The lowest BCUT2D eigenvalue weighted by molar-refractivity contribution is 1.28. The molecule has 1 heterocycles. The average molecular weight is 362 g/mol. The quantitative estimate of drug-likeness (QED) is 0.674. The Labute approximate surface area is 132 Å². The lowest BCUT2D eigenvalue weighted by atomic mass is 10.2. The van der Waals surface area contributed by atoms with E-state index in [9.17, 15) is 0 Å². The molecule has 0 amide bonds. The summed E-state index contributed by atoms with van der Waals surface area (Å²) < 4.78 is 2.91. The zero-order valence-corrected chi connectivity index (χ0v) is 13.3. The van der Waals surface area contributed by atoms with Gasteiger partial charge < -0.3 is 5.73 Å². The third-order valence-electron chi connectivity index (χ3n) is 2.65. The highest BCUT2D eigenvalue weighted by atomic mass is 79.9. The number of nitrogens with zero attached hydrogens (tertiary/aromatic N) is 2. The van der Waals surface area contributed by atoms with Crippen LogP contribution in [-0.4, -0.2) is 4.98 Å². The maximum atomic E-state index is 9.15. The predicted octanol–water partition coefficient (Wildman–Crippen LogP) is 4.66. The van der Waals surface area contributed by atoms with Gasteiger partial charge in [0, 0.05) is 15.1 Å². The second-order valence-corrected chi connectivity index (χ2v) is 7.30. The van der Waals surface area contributed by atoms with Gasteiger partial charge in [0.25, 0.3) is 0 Å². The van der Waals surface area contributed by atoms with Crippen LogP contribution in [-0.2, 0) is 0 Å². The van der Waals surface area contributed by atoms with Crippen LogP contribution in [0.1, 0.15) is 5.56 Å². The molecule has 0 saturated heterocycles. The molecule has 20 heavy (non-hydrogen) atoms. The van der Waals surface area contributed by atoms with Crippen LogP contribution in [0.4, 0.5) is 5.69 Å². The van der Waals surface area contributed by atoms with Gasteiger partial charge in [0.05, 0.1) is 15.8 Å². The molecule has 3 rings (SSSR count). The Bertz CT molecular complexity index is 836. The summed E-state index contributed by atoms with van der Waals surface area (Å²) in [5.41, 5.74) is 8.09. The van der Waals surface area contributed by atoms with E-state index in [0.29, 0.717) is 5.56 Å². The molecule has 2 N–H and O–H groups in total. The lowest BCUT2D eigenvalue weighted by Gasteiger charge is -2.01. The van der Waals surface area contributed by atoms with Crippen molar-refractivity contribution in [3.8, 4) is 6.07 Å². The van der Waals surface area contributed by atoms with Gasteiger partial charge in [-0.25, -0.2) is 4.98 Å². The second-order valence-electron chi connectivity index (χ2n) is 4.06. The number of hydrogen-bond donors (Lipinski definition) is 1. The first-order chi connectivity index (χ1) is 9.65. The molecule has 3 aromatic rings. The minimum absolute atomic E-state index is 0.650. The molecular formula is C14H8BrN3S2. The van der Waals surface area contributed by atoms with Gasteiger partial charge >= 0.3 is 0 Å². The number of fused-ring (bicyclic) bond motifs is 1. The molecule has 6 heteroatoms. The van der Waals surface area contributed by atoms with Crippen molar-refractivity contribution in [2.24, 2.45) is 0 Å². The van der Waals surface area contributed by atoms with Crippen molar-refractivity contribution in [2.45, 2.75) is 9.24 Å². The van der Waals surface area contributed by atoms with Crippen LogP contribution >= 0.6 is 39.0 Å². The maximum absolute atomic E-state index is 9.15. The first-order valence-electron chi connectivity index (χ1n) is 5.69. The molecule has 3 nitrogen and oxygen atoms in total. The fraction of sp³-hybridized carbons (Fsp3) is 0. The van der Waals surface area contributed by atoms with Gasteiger partial charge in [0.1, 0.15) is 6.07 Å². The minimum Gasteiger partial charge on any atom is -0.399 e. The summed E-state index contributed by atoms with van der Waals surface area (Å²) in [5, 5.41) is 9.15. The first-order valence-corrected chi connectivity index (χ1v) is 8.12. The van der Waals surface area contributed by atoms with E-state index in [2.05, 4.69) is 27.0 Å². The molecule has 0 aliphatic heterocycles. The molecule has 0 bridgehead atoms. The number of anilines is 1. The summed E-state index contributed by atoms with van der Waals surface area (Å²) in [6.07, 6.45) is 0. The van der Waals surface area contributed by atoms with Crippen molar-refractivity contribution in [2.75, 3.05) is 5.73 Å². The molecule has 0 spiro atoms. The van der Waals surface area contributed by atoms with E-state index in [4.69, 9.17) is 11.0 Å². The summed E-state index contributed by atoms with van der Waals surface area (Å²) in [7, 11) is 0. The lowest BCUT2D eigenvalue weighted by Crippen LogP contribution is -1.82. The molecule has 2 aromatic carbocycles. The van der Waals surface area contributed by atoms with E-state index in [1.165, 1.54) is 11.8 Å². The number of hydrogen-bond acceptors (Lipinski definition) is 5. The SMILES string of the molecule is N#Cc1ccc(Br)cc1Sc1nc2ccc(N)cc2s1. The zero-order valence-electron chi connectivity index (χ0n) is 10.1. The van der Waals surface area contributed by atoms with Crippen LogP contribution in [0.3, 0.4) is 0 Å². The van der Waals surface area contributed by atoms with E-state index in [1.807, 2.05) is 30.3 Å². The van der Waals surface area contributed by atoms with Crippen molar-refractivity contribution in [1.29, 1.82) is 5.26 Å². The van der Waals surface area contributed by atoms with Gasteiger partial charge in [0.2, 0.25) is 0 Å². The highest BCUT2D eigenvalue weighted by Gasteiger charge is 2.09. The van der Waals surface area contributed by atoms with Crippen LogP contribution in [0.15, 0.2) is 50.1 Å². The summed E-state index contributed by atoms with van der Waals surface area (Å²) >= 11 is 6.50. The van der Waals surface area contributed by atoms with E-state index in [1.54, 1.807) is 17.4 Å². The van der Waals surface area contributed by atoms with Crippen molar-refractivity contribution in [3.63, 3.8) is 0 Å². The van der Waals surface area contributed by atoms with Crippen LogP contribution in [0.25, 0.3) is 10.2 Å². The molecule has 0 aliphatic carbocycles. The number of halogens is 1. The number of thiazole rings is 1. The molecule has 0 fully saturated rings. The third kappa shape index (κ3) is 2.66. The summed E-state index contributed by atoms with van der Waals surface area (Å²) in [6.45, 7) is 0. The highest BCUT2D eigenvalue weighted by Crippen LogP contribution is 2.37. The number of nitrogen functional groups attached to an aromatic ring is 1. The summed E-state index contributed by atoms with van der Waals surface area (Å²) in [5.74, 6) is 0. The van der Waals surface area contributed by atoms with Crippen molar-refractivity contribution >= 4 is 54.9 Å². The highest BCUT2D eigenvalue weighted by molar-refractivity contribution is 9.10. The van der Waals surface area contributed by atoms with Gasteiger partial charge in [-0.2, -0.15) is 5.26 Å². The van der Waals surface area contributed by atoms with Gasteiger partial charge in [-0.15, -0.1) is 11.3 Å². The van der Waals surface area contributed by atoms with E-state index >= 15 is 0 Å². The normalized spacial score (nSPS) is 10.6. The largest absolute Gasteiger partial charge is 0.399 e. The van der Waals surface area contributed by atoms with Crippen LogP contribution < -0.4 is 5.73 Å². The van der Waals surface area contributed by atoms with E-state index in [-0.39, 0.29) is 0 Å². The molecule has 0 unspecified atom stereocenters. The van der Waals surface area contributed by atoms with Crippen LogP contribution in [0.5, 0.6) is 0 Å². The third-order valence-corrected chi connectivity index (χ3v) is 5.28. The van der Waals surface area contributed by atoms with Crippen molar-refractivity contribution in [3.05, 3.63) is 46.4 Å². The Hall–Kier alpha value is -1.55. The fourth-order valence-electron chi connectivity index (χ4n) is 1.73. The fourth-order valence-corrected chi connectivity index (χ4v) is 4.44. The smallest absolute Gasteiger partial charge is 0.155 e. The van der Waals surface area contributed by atoms with Gasteiger partial charge in [-0.3, -0.25) is 0 Å². The Morgan fingerprint density at radius 2 is 2.10 bits per heavy atom. The number of nitrogens with two attached hydrogens (primary N) is 1. The van der Waals surface area contributed by atoms with E-state index < -0.39 is 0 Å². The first kappa shape index (κ1) is 13.4. The number of rotatable bonds is 2. The number of aromatic nitrogens is 1. The van der Waals surface area contributed by atoms with Gasteiger partial charge in [-0.1, -0.05) is 27.7 Å². The molecule has 0 radical (unpaired) electrons. The van der Waals surface area contributed by atoms with Crippen molar-refractivity contribution < 1.29 is 0 Å². The van der Waals surface area contributed by atoms with Gasteiger partial charge in [0.15, 0.2) is 4.34 Å². The second kappa shape index (κ2) is 5.44. The Balaban J connectivity index is 2.01. The monoisotopic (exact) mass is 361 g/mol. The Morgan fingerprint density at radius 1 is 1.25 bits per heavy atom. The summed E-state index contributed by atoms with van der Waals surface area (Å²) in [4.78, 5) is 5.45. The Kier molecular flexibility index (Phi) is 3.66. The minimum atomic E-state index is 0.650. The van der Waals surface area contributed by atoms with E-state index in [0.717, 1.165) is 29.6 Å². The topological polar surface area (TPSA) is 62.7 Å². The standard InChI is InChI=1S/C14H8BrN3S2/c15-9-2-1-8(7-16)12(5-9)19-14-18-11-4-3-10(17)6-13(11)20-14/h1-6H,17H2. The van der Waals surface area contributed by atoms with Crippen molar-refractivity contribution in [1.82, 2.24) is 4.98 Å². The molecular weight excluding hydrogens is 354 g/mol. The zero-order chi connectivity index (χ0) is 14.1. The van der Waals surface area contributed by atoms with Gasteiger partial charge in [-0.05, 0) is 36.4 Å². The molecule has 0 atom stereocenters. The van der Waals surface area contributed by atoms with Crippen LogP contribution in [0, 0.1) is 11.3 Å². The average Bonchev–Trinajstić information content (AvgIpc) is 2.80. The number of benzene rings is 2. The molecule has 0 saturated carbocycles. The predicted molar refractivity (Wildman–Crippen MR) is 87.0 cm³/mol. The molecule has 1 aromatic heterocycles. The Morgan fingerprint density at radius 3 is 2.90 bits per heavy atom. The molecule has 98 valence electrons. The van der Waals surface area contributed by atoms with Crippen LogP contribution in [0.2, 0.25) is 0 Å². The summed E-state index contributed by atoms with van der Waals surface area (Å²) in [6, 6.07) is 13.5.